The second kappa shape index (κ2) is 5.87. The third kappa shape index (κ3) is 4.06. The number of amides is 1. The predicted molar refractivity (Wildman–Crippen MR) is 81.4 cm³/mol. The van der Waals surface area contributed by atoms with E-state index in [4.69, 9.17) is 4.74 Å². The molecule has 0 bridgehead atoms. The molecular formula is C15H24N4O2. The SMILES string of the molecule is Cc1cnc(N2CCN(C(=O)OC(C)(C)C)C(C)C2)nc1. The van der Waals surface area contributed by atoms with Crippen LogP contribution in [0.1, 0.15) is 33.3 Å². The van der Waals surface area contributed by atoms with E-state index in [2.05, 4.69) is 14.9 Å². The fourth-order valence-electron chi connectivity index (χ4n) is 2.28. The van der Waals surface area contributed by atoms with Gasteiger partial charge < -0.3 is 14.5 Å². The molecule has 0 radical (unpaired) electrons. The molecule has 0 aliphatic carbocycles. The molecule has 0 spiro atoms. The number of carbonyl (C=O) groups is 1. The zero-order valence-electron chi connectivity index (χ0n) is 13.5. The highest BCUT2D eigenvalue weighted by molar-refractivity contribution is 5.69. The molecule has 2 heterocycles. The predicted octanol–water partition coefficient (Wildman–Crippen LogP) is 2.23. The van der Waals surface area contributed by atoms with Gasteiger partial charge in [0.2, 0.25) is 5.95 Å². The molecule has 116 valence electrons. The van der Waals surface area contributed by atoms with E-state index >= 15 is 0 Å². The van der Waals surface area contributed by atoms with Crippen molar-refractivity contribution in [3.63, 3.8) is 0 Å². The molecule has 1 amide bonds. The molecule has 1 unspecified atom stereocenters. The van der Waals surface area contributed by atoms with Crippen LogP contribution < -0.4 is 4.90 Å². The number of ether oxygens (including phenoxy) is 1. The maximum Gasteiger partial charge on any atom is 0.410 e. The third-order valence-electron chi connectivity index (χ3n) is 3.31. The standard InChI is InChI=1S/C15H24N4O2/c1-11-8-16-13(17-9-11)18-6-7-19(12(2)10-18)14(20)21-15(3,4)5/h8-9,12H,6-7,10H2,1-5H3. The Morgan fingerprint density at radius 1 is 1.29 bits per heavy atom. The molecule has 1 aliphatic rings. The Hall–Kier alpha value is -1.85. The van der Waals surface area contributed by atoms with E-state index in [-0.39, 0.29) is 12.1 Å². The lowest BCUT2D eigenvalue weighted by atomic mass is 10.2. The van der Waals surface area contributed by atoms with Gasteiger partial charge in [-0.25, -0.2) is 14.8 Å². The Balaban J connectivity index is 1.99. The van der Waals surface area contributed by atoms with Crippen molar-refractivity contribution in [1.82, 2.24) is 14.9 Å². The summed E-state index contributed by atoms with van der Waals surface area (Å²) in [6, 6.07) is 0.0681. The number of piperazine rings is 1. The van der Waals surface area contributed by atoms with Crippen molar-refractivity contribution < 1.29 is 9.53 Å². The first kappa shape index (κ1) is 15.5. The highest BCUT2D eigenvalue weighted by atomic mass is 16.6. The van der Waals surface area contributed by atoms with Gasteiger partial charge in [-0.2, -0.15) is 0 Å². The van der Waals surface area contributed by atoms with Crippen LogP contribution in [0.3, 0.4) is 0 Å². The minimum atomic E-state index is -0.464. The van der Waals surface area contributed by atoms with Crippen LogP contribution in [-0.2, 0) is 4.74 Å². The van der Waals surface area contributed by atoms with E-state index in [0.717, 1.165) is 11.5 Å². The van der Waals surface area contributed by atoms with Crippen molar-refractivity contribution in [3.8, 4) is 0 Å². The van der Waals surface area contributed by atoms with Crippen LogP contribution in [0.25, 0.3) is 0 Å². The van der Waals surface area contributed by atoms with Crippen LogP contribution in [0.5, 0.6) is 0 Å². The van der Waals surface area contributed by atoms with Gasteiger partial charge in [0, 0.05) is 38.1 Å². The first-order valence-corrected chi connectivity index (χ1v) is 7.29. The van der Waals surface area contributed by atoms with Gasteiger partial charge in [-0.1, -0.05) is 0 Å². The third-order valence-corrected chi connectivity index (χ3v) is 3.31. The van der Waals surface area contributed by atoms with Crippen LogP contribution in [0.15, 0.2) is 12.4 Å². The van der Waals surface area contributed by atoms with Crippen LogP contribution in [0.2, 0.25) is 0 Å². The van der Waals surface area contributed by atoms with E-state index in [1.807, 2.05) is 47.0 Å². The summed E-state index contributed by atoms with van der Waals surface area (Å²) in [5, 5.41) is 0. The molecule has 1 aliphatic heterocycles. The van der Waals surface area contributed by atoms with Gasteiger partial charge in [0.15, 0.2) is 0 Å². The van der Waals surface area contributed by atoms with E-state index in [9.17, 15) is 4.79 Å². The largest absolute Gasteiger partial charge is 0.444 e. The normalized spacial score (nSPS) is 19.6. The molecule has 1 saturated heterocycles. The molecule has 0 saturated carbocycles. The number of nitrogens with zero attached hydrogens (tertiary/aromatic N) is 4. The Morgan fingerprint density at radius 2 is 1.90 bits per heavy atom. The molecule has 0 N–H and O–H groups in total. The highest BCUT2D eigenvalue weighted by Crippen LogP contribution is 2.18. The average Bonchev–Trinajstić information content (AvgIpc) is 2.37. The Morgan fingerprint density at radius 3 is 2.43 bits per heavy atom. The van der Waals surface area contributed by atoms with Crippen LogP contribution >= 0.6 is 0 Å². The molecular weight excluding hydrogens is 268 g/mol. The summed E-state index contributed by atoms with van der Waals surface area (Å²) in [5.41, 5.74) is 0.577. The zero-order valence-corrected chi connectivity index (χ0v) is 13.5. The summed E-state index contributed by atoms with van der Waals surface area (Å²) in [7, 11) is 0. The fraction of sp³-hybridized carbons (Fsp3) is 0.667. The van der Waals surface area contributed by atoms with Crippen LogP contribution in [-0.4, -0.2) is 52.2 Å². The number of aryl methyl sites for hydroxylation is 1. The summed E-state index contributed by atoms with van der Waals surface area (Å²) in [6.07, 6.45) is 3.37. The van der Waals surface area contributed by atoms with Crippen molar-refractivity contribution >= 4 is 12.0 Å². The number of hydrogen-bond acceptors (Lipinski definition) is 5. The van der Waals surface area contributed by atoms with Gasteiger partial charge in [-0.05, 0) is 40.2 Å². The van der Waals surface area contributed by atoms with Gasteiger partial charge in [0.25, 0.3) is 0 Å². The van der Waals surface area contributed by atoms with Gasteiger partial charge in [0.05, 0.1) is 0 Å². The van der Waals surface area contributed by atoms with Crippen molar-refractivity contribution in [3.05, 3.63) is 18.0 Å². The smallest absolute Gasteiger partial charge is 0.410 e. The molecule has 1 aromatic heterocycles. The molecule has 1 atom stereocenters. The highest BCUT2D eigenvalue weighted by Gasteiger charge is 2.31. The van der Waals surface area contributed by atoms with Crippen LogP contribution in [0.4, 0.5) is 10.7 Å². The molecule has 21 heavy (non-hydrogen) atoms. The number of aromatic nitrogens is 2. The zero-order chi connectivity index (χ0) is 15.6. The number of hydrogen-bond donors (Lipinski definition) is 0. The summed E-state index contributed by atoms with van der Waals surface area (Å²) in [5.74, 6) is 0.719. The number of carbonyl (C=O) groups excluding carboxylic acids is 1. The second-order valence-electron chi connectivity index (χ2n) is 6.53. The Kier molecular flexibility index (Phi) is 4.34. The lowest BCUT2D eigenvalue weighted by Gasteiger charge is -2.40. The summed E-state index contributed by atoms with van der Waals surface area (Å²) in [6.45, 7) is 11.7. The minimum Gasteiger partial charge on any atom is -0.444 e. The Bertz CT molecular complexity index is 495. The topological polar surface area (TPSA) is 58.6 Å². The first-order chi connectivity index (χ1) is 9.76. The van der Waals surface area contributed by atoms with Crippen molar-refractivity contribution in [2.75, 3.05) is 24.5 Å². The maximum atomic E-state index is 12.2. The monoisotopic (exact) mass is 292 g/mol. The first-order valence-electron chi connectivity index (χ1n) is 7.29. The minimum absolute atomic E-state index is 0.0681. The lowest BCUT2D eigenvalue weighted by Crippen LogP contribution is -2.55. The van der Waals surface area contributed by atoms with E-state index in [0.29, 0.717) is 19.6 Å². The summed E-state index contributed by atoms with van der Waals surface area (Å²) >= 11 is 0. The molecule has 2 rings (SSSR count). The van der Waals surface area contributed by atoms with E-state index in [1.54, 1.807) is 4.90 Å². The van der Waals surface area contributed by atoms with Gasteiger partial charge in [-0.15, -0.1) is 0 Å². The van der Waals surface area contributed by atoms with Gasteiger partial charge in [-0.3, -0.25) is 0 Å². The summed E-state index contributed by atoms with van der Waals surface area (Å²) < 4.78 is 5.44. The quantitative estimate of drug-likeness (QED) is 0.794. The van der Waals surface area contributed by atoms with Gasteiger partial charge >= 0.3 is 6.09 Å². The molecule has 6 nitrogen and oxygen atoms in total. The molecule has 1 fully saturated rings. The Labute approximate surface area is 126 Å². The lowest BCUT2D eigenvalue weighted by molar-refractivity contribution is 0.0158. The molecule has 6 heteroatoms. The van der Waals surface area contributed by atoms with E-state index < -0.39 is 5.60 Å². The van der Waals surface area contributed by atoms with Gasteiger partial charge in [0.1, 0.15) is 5.60 Å². The van der Waals surface area contributed by atoms with Crippen molar-refractivity contribution in [1.29, 1.82) is 0 Å². The van der Waals surface area contributed by atoms with E-state index in [1.165, 1.54) is 0 Å². The molecule has 1 aromatic rings. The molecule has 0 aromatic carbocycles. The van der Waals surface area contributed by atoms with Crippen molar-refractivity contribution in [2.45, 2.75) is 46.3 Å². The maximum absolute atomic E-state index is 12.2. The second-order valence-corrected chi connectivity index (χ2v) is 6.53. The summed E-state index contributed by atoms with van der Waals surface area (Å²) in [4.78, 5) is 24.7. The number of rotatable bonds is 1. The average molecular weight is 292 g/mol. The van der Waals surface area contributed by atoms with Crippen molar-refractivity contribution in [2.24, 2.45) is 0 Å². The number of anilines is 1. The fourth-order valence-corrected chi connectivity index (χ4v) is 2.28. The van der Waals surface area contributed by atoms with Crippen LogP contribution in [0, 0.1) is 6.92 Å².